The number of halogens is 2. The van der Waals surface area contributed by atoms with E-state index in [4.69, 9.17) is 0 Å². The van der Waals surface area contributed by atoms with Gasteiger partial charge in [-0.1, -0.05) is 24.3 Å². The second-order valence-corrected chi connectivity index (χ2v) is 6.76. The summed E-state index contributed by atoms with van der Waals surface area (Å²) in [4.78, 5) is 13.1. The summed E-state index contributed by atoms with van der Waals surface area (Å²) in [6, 6.07) is 13.0. The molecule has 2 heterocycles. The number of hydrogen-bond donors (Lipinski definition) is 1. The Balaban J connectivity index is 1.77. The topological polar surface area (TPSA) is 51.9 Å². The lowest BCUT2D eigenvalue weighted by Gasteiger charge is -2.22. The molecule has 2 aromatic carbocycles. The Bertz CT molecular complexity index is 991. The molecule has 0 bridgehead atoms. The molecule has 5 nitrogen and oxygen atoms in total. The van der Waals surface area contributed by atoms with Gasteiger partial charge in [0.25, 0.3) is 0 Å². The van der Waals surface area contributed by atoms with E-state index < -0.39 is 11.6 Å². The van der Waals surface area contributed by atoms with Gasteiger partial charge in [0.1, 0.15) is 5.82 Å². The minimum Gasteiger partial charge on any atom is -0.316 e. The highest BCUT2D eigenvalue weighted by Gasteiger charge is 2.25. The van der Waals surface area contributed by atoms with E-state index in [2.05, 4.69) is 10.4 Å². The molecule has 1 saturated heterocycles. The highest BCUT2D eigenvalue weighted by Crippen LogP contribution is 2.23. The maximum atomic E-state index is 13.5. The van der Waals surface area contributed by atoms with E-state index in [0.29, 0.717) is 11.4 Å². The van der Waals surface area contributed by atoms with Gasteiger partial charge in [0.15, 0.2) is 11.6 Å². The van der Waals surface area contributed by atoms with Gasteiger partial charge in [0.05, 0.1) is 12.2 Å². The predicted octanol–water partition coefficient (Wildman–Crippen LogP) is 2.83. The summed E-state index contributed by atoms with van der Waals surface area (Å²) in [6.45, 7) is 1.80. The second kappa shape index (κ2) is 7.44. The molecule has 1 aromatic heterocycles. The van der Waals surface area contributed by atoms with Crippen molar-refractivity contribution in [3.8, 4) is 5.69 Å². The normalized spacial score (nSPS) is 17.2. The van der Waals surface area contributed by atoms with Gasteiger partial charge in [-0.15, -0.1) is 0 Å². The van der Waals surface area contributed by atoms with E-state index in [1.165, 1.54) is 10.7 Å². The molecule has 0 amide bonds. The van der Waals surface area contributed by atoms with Crippen molar-refractivity contribution in [3.63, 3.8) is 0 Å². The van der Waals surface area contributed by atoms with Crippen LogP contribution in [0.1, 0.15) is 30.1 Å². The molecule has 7 heteroatoms. The van der Waals surface area contributed by atoms with Crippen molar-refractivity contribution < 1.29 is 8.78 Å². The van der Waals surface area contributed by atoms with Crippen molar-refractivity contribution in [1.82, 2.24) is 19.7 Å². The molecule has 1 N–H and O–H groups in total. The molecule has 140 valence electrons. The van der Waals surface area contributed by atoms with Gasteiger partial charge in [-0.2, -0.15) is 5.10 Å². The number of nitrogens with zero attached hydrogens (tertiary/aromatic N) is 3. The molecule has 1 aliphatic heterocycles. The van der Waals surface area contributed by atoms with Crippen LogP contribution < -0.4 is 11.0 Å². The monoisotopic (exact) mass is 370 g/mol. The van der Waals surface area contributed by atoms with E-state index >= 15 is 0 Å². The minimum atomic E-state index is -0.931. The summed E-state index contributed by atoms with van der Waals surface area (Å²) in [6.07, 6.45) is 1.96. The lowest BCUT2D eigenvalue weighted by molar-refractivity contribution is 0.439. The Morgan fingerprint density at radius 3 is 2.63 bits per heavy atom. The third kappa shape index (κ3) is 3.55. The van der Waals surface area contributed by atoms with Crippen molar-refractivity contribution in [3.05, 3.63) is 82.0 Å². The summed E-state index contributed by atoms with van der Waals surface area (Å²) >= 11 is 0. The molecule has 0 aliphatic carbocycles. The number of nitrogens with one attached hydrogen (secondary N) is 1. The van der Waals surface area contributed by atoms with Crippen LogP contribution in [0.5, 0.6) is 0 Å². The van der Waals surface area contributed by atoms with Gasteiger partial charge in [-0.05, 0) is 49.2 Å². The van der Waals surface area contributed by atoms with Crippen LogP contribution in [0.3, 0.4) is 0 Å². The fourth-order valence-electron chi connectivity index (χ4n) is 3.49. The van der Waals surface area contributed by atoms with Crippen LogP contribution in [-0.4, -0.2) is 27.4 Å². The SMILES string of the molecule is O=c1n(Cc2ccc(F)c(F)c2)nc([C@@H]2CCCNC2)n1-c1ccccc1. The predicted molar refractivity (Wildman–Crippen MR) is 98.1 cm³/mol. The quantitative estimate of drug-likeness (QED) is 0.768. The molecule has 1 aliphatic rings. The second-order valence-electron chi connectivity index (χ2n) is 6.76. The van der Waals surface area contributed by atoms with E-state index in [1.807, 2.05) is 30.3 Å². The van der Waals surface area contributed by atoms with Gasteiger partial charge >= 0.3 is 5.69 Å². The average Bonchev–Trinajstić information content (AvgIpc) is 3.02. The number of hydrogen-bond acceptors (Lipinski definition) is 3. The van der Waals surface area contributed by atoms with Crippen LogP contribution in [0.25, 0.3) is 5.69 Å². The summed E-state index contributed by atoms with van der Waals surface area (Å²) in [5, 5.41) is 7.92. The standard InChI is InChI=1S/C20H20F2N4O/c21-17-9-8-14(11-18(17)22)13-25-20(27)26(16-6-2-1-3-7-16)19(24-25)15-5-4-10-23-12-15/h1-3,6-9,11,15,23H,4-5,10,12-13H2/t15-/m1/s1. The van der Waals surface area contributed by atoms with Gasteiger partial charge in [0, 0.05) is 12.5 Å². The maximum absolute atomic E-state index is 13.5. The van der Waals surface area contributed by atoms with Crippen LogP contribution in [0.15, 0.2) is 53.3 Å². The minimum absolute atomic E-state index is 0.0863. The zero-order valence-corrected chi connectivity index (χ0v) is 14.7. The summed E-state index contributed by atoms with van der Waals surface area (Å²) in [7, 11) is 0. The van der Waals surface area contributed by atoms with E-state index in [9.17, 15) is 13.6 Å². The molecule has 0 radical (unpaired) electrons. The first kappa shape index (κ1) is 17.6. The molecular weight excluding hydrogens is 350 g/mol. The van der Waals surface area contributed by atoms with Crippen molar-refractivity contribution in [2.24, 2.45) is 0 Å². The van der Waals surface area contributed by atoms with Crippen LogP contribution in [0.2, 0.25) is 0 Å². The van der Waals surface area contributed by atoms with Crippen molar-refractivity contribution in [2.75, 3.05) is 13.1 Å². The van der Waals surface area contributed by atoms with Gasteiger partial charge < -0.3 is 5.32 Å². The Hall–Kier alpha value is -2.80. The van der Waals surface area contributed by atoms with Crippen molar-refractivity contribution in [2.45, 2.75) is 25.3 Å². The number of benzene rings is 2. The van der Waals surface area contributed by atoms with Crippen molar-refractivity contribution >= 4 is 0 Å². The number of rotatable bonds is 4. The molecule has 0 spiro atoms. The first-order valence-corrected chi connectivity index (χ1v) is 9.03. The largest absolute Gasteiger partial charge is 0.350 e. The first-order chi connectivity index (χ1) is 13.1. The van der Waals surface area contributed by atoms with E-state index in [-0.39, 0.29) is 18.2 Å². The fourth-order valence-corrected chi connectivity index (χ4v) is 3.49. The molecule has 0 saturated carbocycles. The van der Waals surface area contributed by atoms with Crippen LogP contribution >= 0.6 is 0 Å². The third-order valence-corrected chi connectivity index (χ3v) is 4.86. The maximum Gasteiger partial charge on any atom is 0.350 e. The molecule has 4 rings (SSSR count). The molecule has 1 atom stereocenters. The van der Waals surface area contributed by atoms with E-state index in [0.717, 1.165) is 43.8 Å². The third-order valence-electron chi connectivity index (χ3n) is 4.86. The molecular formula is C20H20F2N4O. The van der Waals surface area contributed by atoms with Gasteiger partial charge in [-0.3, -0.25) is 0 Å². The zero-order valence-electron chi connectivity index (χ0n) is 14.7. The van der Waals surface area contributed by atoms with Gasteiger partial charge in [0.2, 0.25) is 0 Å². The fraction of sp³-hybridized carbons (Fsp3) is 0.300. The molecule has 3 aromatic rings. The number of aromatic nitrogens is 3. The molecule has 27 heavy (non-hydrogen) atoms. The van der Waals surface area contributed by atoms with E-state index in [1.54, 1.807) is 4.57 Å². The van der Waals surface area contributed by atoms with Crippen LogP contribution in [0, 0.1) is 11.6 Å². The lowest BCUT2D eigenvalue weighted by atomic mass is 9.99. The highest BCUT2D eigenvalue weighted by molar-refractivity contribution is 5.33. The Morgan fingerprint density at radius 1 is 1.11 bits per heavy atom. The smallest absolute Gasteiger partial charge is 0.316 e. The summed E-state index contributed by atoms with van der Waals surface area (Å²) in [5.41, 5.74) is 0.952. The molecule has 0 unspecified atom stereocenters. The van der Waals surface area contributed by atoms with Crippen molar-refractivity contribution in [1.29, 1.82) is 0 Å². The Morgan fingerprint density at radius 2 is 1.93 bits per heavy atom. The Kier molecular flexibility index (Phi) is 4.85. The lowest BCUT2D eigenvalue weighted by Crippen LogP contribution is -2.31. The average molecular weight is 370 g/mol. The van der Waals surface area contributed by atoms with Crippen LogP contribution in [-0.2, 0) is 6.54 Å². The number of piperidine rings is 1. The van der Waals surface area contributed by atoms with Gasteiger partial charge in [-0.25, -0.2) is 22.8 Å². The highest BCUT2D eigenvalue weighted by atomic mass is 19.2. The summed E-state index contributed by atoms with van der Waals surface area (Å²) in [5.74, 6) is -1.02. The number of para-hydroxylation sites is 1. The summed E-state index contributed by atoms with van der Waals surface area (Å²) < 4.78 is 29.7. The first-order valence-electron chi connectivity index (χ1n) is 9.03. The Labute approximate surface area is 155 Å². The molecule has 1 fully saturated rings. The van der Waals surface area contributed by atoms with Crippen LogP contribution in [0.4, 0.5) is 8.78 Å². The zero-order chi connectivity index (χ0) is 18.8.